The standard InChI is InChI=1S/C17H23N3O3/c1-21-13-10-12-14(16(23-3)15(13)22-2)18-11-19-17(12)20-8-6-4-5-7-9-20/h10-11H,4-9H2,1-3H3. The second kappa shape index (κ2) is 6.89. The Labute approximate surface area is 136 Å². The molecule has 124 valence electrons. The van der Waals surface area contributed by atoms with Crippen molar-refractivity contribution in [3.8, 4) is 17.2 Å². The van der Waals surface area contributed by atoms with Gasteiger partial charge >= 0.3 is 0 Å². The zero-order valence-electron chi connectivity index (χ0n) is 14.0. The first-order valence-corrected chi connectivity index (χ1v) is 7.98. The molecule has 1 aromatic carbocycles. The zero-order valence-corrected chi connectivity index (χ0v) is 14.0. The van der Waals surface area contributed by atoms with Gasteiger partial charge in [-0.05, 0) is 18.9 Å². The molecule has 2 heterocycles. The van der Waals surface area contributed by atoms with Crippen LogP contribution in [-0.4, -0.2) is 44.4 Å². The van der Waals surface area contributed by atoms with Crippen molar-refractivity contribution in [3.05, 3.63) is 12.4 Å². The van der Waals surface area contributed by atoms with Gasteiger partial charge in [-0.3, -0.25) is 0 Å². The summed E-state index contributed by atoms with van der Waals surface area (Å²) in [6.07, 6.45) is 6.53. The molecule has 1 fully saturated rings. The second-order valence-corrected chi connectivity index (χ2v) is 5.64. The predicted molar refractivity (Wildman–Crippen MR) is 89.9 cm³/mol. The summed E-state index contributed by atoms with van der Waals surface area (Å²) >= 11 is 0. The number of fused-ring (bicyclic) bond motifs is 1. The molecule has 2 aromatic rings. The minimum Gasteiger partial charge on any atom is -0.493 e. The number of hydrogen-bond acceptors (Lipinski definition) is 6. The van der Waals surface area contributed by atoms with E-state index >= 15 is 0 Å². The van der Waals surface area contributed by atoms with E-state index in [1.54, 1.807) is 27.7 Å². The molecular formula is C17H23N3O3. The number of ether oxygens (including phenoxy) is 3. The third kappa shape index (κ3) is 2.85. The fourth-order valence-electron chi connectivity index (χ4n) is 3.18. The van der Waals surface area contributed by atoms with Crippen molar-refractivity contribution >= 4 is 16.7 Å². The summed E-state index contributed by atoms with van der Waals surface area (Å²) in [5, 5.41) is 0.934. The molecule has 1 aliphatic heterocycles. The van der Waals surface area contributed by atoms with E-state index in [4.69, 9.17) is 14.2 Å². The Bertz CT molecular complexity index is 682. The SMILES string of the molecule is COc1cc2c(N3CCCCCC3)ncnc2c(OC)c1OC. The molecule has 1 saturated heterocycles. The first kappa shape index (κ1) is 15.6. The van der Waals surface area contributed by atoms with Crippen LogP contribution in [0.2, 0.25) is 0 Å². The maximum Gasteiger partial charge on any atom is 0.205 e. The lowest BCUT2D eigenvalue weighted by atomic mass is 10.1. The number of methoxy groups -OCH3 is 3. The van der Waals surface area contributed by atoms with Crippen LogP contribution in [0.3, 0.4) is 0 Å². The van der Waals surface area contributed by atoms with Gasteiger partial charge < -0.3 is 19.1 Å². The summed E-state index contributed by atoms with van der Waals surface area (Å²) in [4.78, 5) is 11.3. The number of hydrogen-bond donors (Lipinski definition) is 0. The highest BCUT2D eigenvalue weighted by atomic mass is 16.5. The smallest absolute Gasteiger partial charge is 0.205 e. The summed E-state index contributed by atoms with van der Waals surface area (Å²) in [5.41, 5.74) is 0.749. The van der Waals surface area contributed by atoms with Crippen LogP contribution in [0.25, 0.3) is 10.9 Å². The Morgan fingerprint density at radius 2 is 1.57 bits per heavy atom. The van der Waals surface area contributed by atoms with Crippen molar-refractivity contribution in [2.45, 2.75) is 25.7 Å². The zero-order chi connectivity index (χ0) is 16.2. The number of benzene rings is 1. The quantitative estimate of drug-likeness (QED) is 0.864. The first-order valence-electron chi connectivity index (χ1n) is 7.98. The molecule has 0 radical (unpaired) electrons. The highest BCUT2D eigenvalue weighted by Gasteiger charge is 2.22. The molecule has 0 N–H and O–H groups in total. The van der Waals surface area contributed by atoms with Crippen LogP contribution in [0.4, 0.5) is 5.82 Å². The minimum atomic E-state index is 0.558. The fourth-order valence-corrected chi connectivity index (χ4v) is 3.18. The van der Waals surface area contributed by atoms with Gasteiger partial charge in [0.05, 0.1) is 26.7 Å². The van der Waals surface area contributed by atoms with Gasteiger partial charge in [0.25, 0.3) is 0 Å². The lowest BCUT2D eigenvalue weighted by Crippen LogP contribution is -2.25. The molecule has 0 unspecified atom stereocenters. The summed E-state index contributed by atoms with van der Waals surface area (Å²) in [6.45, 7) is 2.03. The van der Waals surface area contributed by atoms with Crippen LogP contribution >= 0.6 is 0 Å². The summed E-state index contributed by atoms with van der Waals surface area (Å²) in [6, 6.07) is 1.94. The van der Waals surface area contributed by atoms with E-state index in [0.717, 1.165) is 29.8 Å². The third-order valence-electron chi connectivity index (χ3n) is 4.32. The van der Waals surface area contributed by atoms with Crippen molar-refractivity contribution in [1.29, 1.82) is 0 Å². The van der Waals surface area contributed by atoms with Gasteiger partial charge in [0, 0.05) is 13.1 Å². The van der Waals surface area contributed by atoms with Gasteiger partial charge in [0.2, 0.25) is 5.75 Å². The van der Waals surface area contributed by atoms with E-state index in [-0.39, 0.29) is 0 Å². The van der Waals surface area contributed by atoms with Crippen LogP contribution in [0.1, 0.15) is 25.7 Å². The molecule has 6 heteroatoms. The Balaban J connectivity index is 2.19. The third-order valence-corrected chi connectivity index (χ3v) is 4.32. The maximum atomic E-state index is 5.55. The number of rotatable bonds is 4. The van der Waals surface area contributed by atoms with E-state index in [1.165, 1.54) is 25.7 Å². The van der Waals surface area contributed by atoms with Crippen molar-refractivity contribution in [1.82, 2.24) is 9.97 Å². The van der Waals surface area contributed by atoms with Gasteiger partial charge in [-0.2, -0.15) is 0 Å². The molecule has 0 atom stereocenters. The molecule has 0 saturated carbocycles. The molecule has 6 nitrogen and oxygen atoms in total. The van der Waals surface area contributed by atoms with Crippen LogP contribution in [0, 0.1) is 0 Å². The summed E-state index contributed by atoms with van der Waals surface area (Å²) in [5.74, 6) is 2.71. The fraction of sp³-hybridized carbons (Fsp3) is 0.529. The molecular weight excluding hydrogens is 294 g/mol. The topological polar surface area (TPSA) is 56.7 Å². The lowest BCUT2D eigenvalue weighted by Gasteiger charge is -2.23. The molecule has 3 rings (SSSR count). The molecule has 0 bridgehead atoms. The summed E-state index contributed by atoms with van der Waals surface area (Å²) < 4.78 is 16.5. The number of anilines is 1. The van der Waals surface area contributed by atoms with Crippen molar-refractivity contribution in [3.63, 3.8) is 0 Å². The largest absolute Gasteiger partial charge is 0.493 e. The van der Waals surface area contributed by atoms with E-state index < -0.39 is 0 Å². The van der Waals surface area contributed by atoms with E-state index in [9.17, 15) is 0 Å². The van der Waals surface area contributed by atoms with E-state index in [0.29, 0.717) is 17.2 Å². The van der Waals surface area contributed by atoms with Crippen molar-refractivity contribution in [2.24, 2.45) is 0 Å². The first-order chi connectivity index (χ1) is 11.3. The van der Waals surface area contributed by atoms with Gasteiger partial charge in [-0.1, -0.05) is 12.8 Å². The highest BCUT2D eigenvalue weighted by molar-refractivity contribution is 5.97. The minimum absolute atomic E-state index is 0.558. The van der Waals surface area contributed by atoms with Crippen molar-refractivity contribution in [2.75, 3.05) is 39.3 Å². The van der Waals surface area contributed by atoms with Gasteiger partial charge in [0.15, 0.2) is 11.5 Å². The molecule has 0 aliphatic carbocycles. The van der Waals surface area contributed by atoms with Crippen molar-refractivity contribution < 1.29 is 14.2 Å². The van der Waals surface area contributed by atoms with Crippen LogP contribution < -0.4 is 19.1 Å². The lowest BCUT2D eigenvalue weighted by molar-refractivity contribution is 0.327. The average Bonchev–Trinajstić information content (AvgIpc) is 2.88. The van der Waals surface area contributed by atoms with Crippen LogP contribution in [0.5, 0.6) is 17.2 Å². The van der Waals surface area contributed by atoms with Gasteiger partial charge in [-0.15, -0.1) is 0 Å². The normalized spacial score (nSPS) is 15.3. The van der Waals surface area contributed by atoms with Gasteiger partial charge in [-0.25, -0.2) is 9.97 Å². The van der Waals surface area contributed by atoms with Gasteiger partial charge in [0.1, 0.15) is 17.7 Å². The van der Waals surface area contributed by atoms with E-state index in [2.05, 4.69) is 14.9 Å². The highest BCUT2D eigenvalue weighted by Crippen LogP contribution is 2.44. The predicted octanol–water partition coefficient (Wildman–Crippen LogP) is 3.04. The Morgan fingerprint density at radius 1 is 0.870 bits per heavy atom. The Morgan fingerprint density at radius 3 is 2.17 bits per heavy atom. The monoisotopic (exact) mass is 317 g/mol. The Kier molecular flexibility index (Phi) is 4.69. The van der Waals surface area contributed by atoms with Crippen LogP contribution in [-0.2, 0) is 0 Å². The second-order valence-electron chi connectivity index (χ2n) is 5.64. The van der Waals surface area contributed by atoms with E-state index in [1.807, 2.05) is 6.07 Å². The molecule has 1 aliphatic rings. The molecule has 0 amide bonds. The molecule has 1 aromatic heterocycles. The molecule has 23 heavy (non-hydrogen) atoms. The summed E-state index contributed by atoms with van der Waals surface area (Å²) in [7, 11) is 4.84. The Hall–Kier alpha value is -2.24. The molecule has 0 spiro atoms. The maximum absolute atomic E-state index is 5.55. The average molecular weight is 317 g/mol. The van der Waals surface area contributed by atoms with Crippen LogP contribution in [0.15, 0.2) is 12.4 Å². The number of nitrogens with zero attached hydrogens (tertiary/aromatic N) is 3. The number of aromatic nitrogens is 2.